The predicted octanol–water partition coefficient (Wildman–Crippen LogP) is 1.93. The number of phenols is 2. The second-order valence-corrected chi connectivity index (χ2v) is 4.08. The van der Waals surface area contributed by atoms with E-state index in [0.717, 1.165) is 0 Å². The summed E-state index contributed by atoms with van der Waals surface area (Å²) in [6.07, 6.45) is 0. The van der Waals surface area contributed by atoms with E-state index in [4.69, 9.17) is 0 Å². The summed E-state index contributed by atoms with van der Waals surface area (Å²) >= 11 is 0. The van der Waals surface area contributed by atoms with Crippen molar-refractivity contribution in [2.45, 2.75) is 13.8 Å². The average molecular weight is 232 g/mol. The van der Waals surface area contributed by atoms with E-state index in [0.29, 0.717) is 10.9 Å². The zero-order valence-electron chi connectivity index (χ0n) is 9.48. The lowest BCUT2D eigenvalue weighted by atomic mass is 10.1. The zero-order chi connectivity index (χ0) is 12.7. The molecule has 17 heavy (non-hydrogen) atoms. The Balaban J connectivity index is 3.16. The number of phenolic OH excluding ortho intramolecular Hbond substituents is 2. The molecule has 0 unspecified atom stereocenters. The largest absolute Gasteiger partial charge is 0.504 e. The minimum absolute atomic E-state index is 0.262. The Morgan fingerprint density at radius 2 is 1.59 bits per heavy atom. The molecule has 0 spiro atoms. The molecule has 0 atom stereocenters. The van der Waals surface area contributed by atoms with Crippen molar-refractivity contribution in [1.29, 1.82) is 0 Å². The summed E-state index contributed by atoms with van der Waals surface area (Å²) in [6.45, 7) is 3.26. The maximum Gasteiger partial charge on any atom is 0.221 e. The van der Waals surface area contributed by atoms with Crippen molar-refractivity contribution in [2.75, 3.05) is 0 Å². The van der Waals surface area contributed by atoms with Crippen LogP contribution >= 0.6 is 0 Å². The summed E-state index contributed by atoms with van der Waals surface area (Å²) in [5.41, 5.74) is 0.445. The van der Waals surface area contributed by atoms with Crippen molar-refractivity contribution in [3.8, 4) is 17.2 Å². The van der Waals surface area contributed by atoms with Crippen LogP contribution in [0.1, 0.15) is 11.1 Å². The van der Waals surface area contributed by atoms with Gasteiger partial charge in [-0.1, -0.05) is 6.07 Å². The standard InChI is InChI=1S/C13H12O4/c1-6-3-8-5-10(15)12(16)7(2)11(8)13(17)9(14)4-6/h3-5,15-16H,1-2H3,(H,14,17). The number of fused-ring (bicyclic) bond motifs is 1. The molecular formula is C13H12O4. The van der Waals surface area contributed by atoms with Crippen molar-refractivity contribution < 1.29 is 15.3 Å². The monoisotopic (exact) mass is 232 g/mol. The first-order valence-electron chi connectivity index (χ1n) is 5.11. The van der Waals surface area contributed by atoms with E-state index >= 15 is 0 Å². The highest BCUT2D eigenvalue weighted by Crippen LogP contribution is 2.37. The summed E-state index contributed by atoms with van der Waals surface area (Å²) in [5.74, 6) is -1.01. The van der Waals surface area contributed by atoms with Crippen LogP contribution in [0.3, 0.4) is 0 Å². The maximum absolute atomic E-state index is 11.6. The van der Waals surface area contributed by atoms with Crippen molar-refractivity contribution in [1.82, 2.24) is 0 Å². The third kappa shape index (κ3) is 1.67. The second kappa shape index (κ2) is 3.66. The SMILES string of the molecule is Cc1cc(=O)c(O)c2c(C)c(O)c(O)cc2c1. The van der Waals surface area contributed by atoms with E-state index in [1.807, 2.05) is 0 Å². The molecule has 0 radical (unpaired) electrons. The molecule has 0 aliphatic heterocycles. The van der Waals surface area contributed by atoms with Gasteiger partial charge < -0.3 is 15.3 Å². The number of hydrogen-bond donors (Lipinski definition) is 3. The smallest absolute Gasteiger partial charge is 0.221 e. The quantitative estimate of drug-likeness (QED) is 0.606. The molecule has 0 aromatic heterocycles. The van der Waals surface area contributed by atoms with Crippen LogP contribution in [0.15, 0.2) is 23.0 Å². The summed E-state index contributed by atoms with van der Waals surface area (Å²) in [5, 5.41) is 29.7. The lowest BCUT2D eigenvalue weighted by Gasteiger charge is -2.05. The van der Waals surface area contributed by atoms with Crippen LogP contribution in [0, 0.1) is 13.8 Å². The summed E-state index contributed by atoms with van der Waals surface area (Å²) in [7, 11) is 0. The first kappa shape index (κ1) is 11.3. The van der Waals surface area contributed by atoms with Gasteiger partial charge in [-0.15, -0.1) is 0 Å². The fourth-order valence-electron chi connectivity index (χ4n) is 1.93. The molecule has 0 bridgehead atoms. The Labute approximate surface area is 97.4 Å². The fraction of sp³-hybridized carbons (Fsp3) is 0.154. The molecule has 3 N–H and O–H groups in total. The first-order chi connectivity index (χ1) is 7.91. The normalized spacial score (nSPS) is 10.7. The molecule has 0 aliphatic carbocycles. The van der Waals surface area contributed by atoms with Crippen molar-refractivity contribution >= 4 is 10.8 Å². The zero-order valence-corrected chi connectivity index (χ0v) is 9.48. The van der Waals surface area contributed by atoms with Crippen molar-refractivity contribution in [2.24, 2.45) is 0 Å². The molecule has 88 valence electrons. The number of aromatic hydroxyl groups is 3. The van der Waals surface area contributed by atoms with Crippen molar-refractivity contribution in [3.05, 3.63) is 39.5 Å². The summed E-state index contributed by atoms with van der Waals surface area (Å²) < 4.78 is 0. The minimum atomic E-state index is -0.509. The molecule has 2 aromatic rings. The summed E-state index contributed by atoms with van der Waals surface area (Å²) in [6, 6.07) is 4.30. The van der Waals surface area contributed by atoms with Crippen LogP contribution in [0.2, 0.25) is 0 Å². The number of benzene rings is 1. The van der Waals surface area contributed by atoms with Gasteiger partial charge in [0, 0.05) is 10.9 Å². The van der Waals surface area contributed by atoms with Crippen molar-refractivity contribution in [3.63, 3.8) is 0 Å². The van der Waals surface area contributed by atoms with Gasteiger partial charge in [0.05, 0.1) is 0 Å². The van der Waals surface area contributed by atoms with Gasteiger partial charge in [-0.25, -0.2) is 0 Å². The second-order valence-electron chi connectivity index (χ2n) is 4.08. The highest BCUT2D eigenvalue weighted by atomic mass is 16.3. The number of rotatable bonds is 0. The molecule has 0 heterocycles. The minimum Gasteiger partial charge on any atom is -0.504 e. The highest BCUT2D eigenvalue weighted by molar-refractivity contribution is 5.93. The van der Waals surface area contributed by atoms with Gasteiger partial charge in [-0.3, -0.25) is 4.79 Å². The topological polar surface area (TPSA) is 77.8 Å². The van der Waals surface area contributed by atoms with Gasteiger partial charge >= 0.3 is 0 Å². The molecule has 2 rings (SSSR count). The Morgan fingerprint density at radius 1 is 0.941 bits per heavy atom. The summed E-state index contributed by atoms with van der Waals surface area (Å²) in [4.78, 5) is 11.6. The predicted molar refractivity (Wildman–Crippen MR) is 64.7 cm³/mol. The molecule has 4 heteroatoms. The highest BCUT2D eigenvalue weighted by Gasteiger charge is 2.13. The van der Waals surface area contributed by atoms with Crippen LogP contribution in [-0.4, -0.2) is 15.3 Å². The maximum atomic E-state index is 11.6. The first-order valence-corrected chi connectivity index (χ1v) is 5.11. The number of aryl methyl sites for hydroxylation is 2. The third-order valence-electron chi connectivity index (χ3n) is 2.77. The van der Waals surface area contributed by atoms with Gasteiger partial charge in [0.2, 0.25) is 5.43 Å². The molecule has 0 saturated carbocycles. The Hall–Kier alpha value is -2.23. The van der Waals surface area contributed by atoms with Gasteiger partial charge in [0.25, 0.3) is 0 Å². The molecule has 0 saturated heterocycles. The van der Waals surface area contributed by atoms with Crippen LogP contribution in [0.4, 0.5) is 0 Å². The van der Waals surface area contributed by atoms with E-state index in [1.54, 1.807) is 13.0 Å². The van der Waals surface area contributed by atoms with E-state index in [-0.39, 0.29) is 22.4 Å². The molecule has 4 nitrogen and oxygen atoms in total. The Bertz CT molecular complexity index is 674. The molecular weight excluding hydrogens is 220 g/mol. The third-order valence-corrected chi connectivity index (χ3v) is 2.77. The lowest BCUT2D eigenvalue weighted by Crippen LogP contribution is -1.95. The van der Waals surface area contributed by atoms with Crippen LogP contribution in [-0.2, 0) is 0 Å². The number of hydrogen-bond acceptors (Lipinski definition) is 4. The lowest BCUT2D eigenvalue weighted by molar-refractivity contribution is 0.402. The van der Waals surface area contributed by atoms with E-state index in [1.165, 1.54) is 19.1 Å². The van der Waals surface area contributed by atoms with E-state index in [2.05, 4.69) is 0 Å². The van der Waals surface area contributed by atoms with Gasteiger partial charge in [-0.2, -0.15) is 0 Å². The van der Waals surface area contributed by atoms with E-state index in [9.17, 15) is 20.1 Å². The van der Waals surface area contributed by atoms with Crippen LogP contribution in [0.5, 0.6) is 17.2 Å². The Morgan fingerprint density at radius 3 is 2.24 bits per heavy atom. The van der Waals surface area contributed by atoms with Crippen LogP contribution < -0.4 is 5.43 Å². The molecule has 0 amide bonds. The fourth-order valence-corrected chi connectivity index (χ4v) is 1.93. The van der Waals surface area contributed by atoms with E-state index < -0.39 is 11.2 Å². The van der Waals surface area contributed by atoms with Gasteiger partial charge in [0.1, 0.15) is 0 Å². The average Bonchev–Trinajstić information content (AvgIpc) is 2.34. The van der Waals surface area contributed by atoms with Gasteiger partial charge in [0.15, 0.2) is 17.2 Å². The molecule has 2 aromatic carbocycles. The Kier molecular flexibility index (Phi) is 2.42. The van der Waals surface area contributed by atoms with Crippen LogP contribution in [0.25, 0.3) is 10.8 Å². The van der Waals surface area contributed by atoms with Gasteiger partial charge in [-0.05, 0) is 36.9 Å². The molecule has 0 aliphatic rings. The molecule has 0 fully saturated rings.